The summed E-state index contributed by atoms with van der Waals surface area (Å²) in [6.07, 6.45) is 4.48. The minimum absolute atomic E-state index is 0.0372. The molecule has 1 saturated carbocycles. The number of nitrogens with zero attached hydrogens (tertiary/aromatic N) is 1. The van der Waals surface area contributed by atoms with Crippen LogP contribution in [0.4, 0.5) is 4.79 Å². The van der Waals surface area contributed by atoms with E-state index in [1.54, 1.807) is 0 Å². The van der Waals surface area contributed by atoms with Crippen LogP contribution in [0.3, 0.4) is 0 Å². The molecule has 20 heavy (non-hydrogen) atoms. The van der Waals surface area contributed by atoms with Gasteiger partial charge < -0.3 is 20.6 Å². The number of aliphatic carboxylic acids is 1. The van der Waals surface area contributed by atoms with Gasteiger partial charge in [0.15, 0.2) is 0 Å². The Labute approximate surface area is 118 Å². The van der Waals surface area contributed by atoms with Crippen LogP contribution in [0.5, 0.6) is 0 Å². The van der Waals surface area contributed by atoms with Gasteiger partial charge >= 0.3 is 12.0 Å². The van der Waals surface area contributed by atoms with Crippen LogP contribution in [-0.4, -0.2) is 53.6 Å². The van der Waals surface area contributed by atoms with Gasteiger partial charge in [0.25, 0.3) is 0 Å². The first-order valence-electron chi connectivity index (χ1n) is 7.07. The van der Waals surface area contributed by atoms with Gasteiger partial charge in [0.1, 0.15) is 6.54 Å². The van der Waals surface area contributed by atoms with Crippen LogP contribution in [0.1, 0.15) is 39.0 Å². The van der Waals surface area contributed by atoms with Crippen LogP contribution in [0.25, 0.3) is 0 Å². The summed E-state index contributed by atoms with van der Waals surface area (Å²) >= 11 is 0. The van der Waals surface area contributed by atoms with Crippen molar-refractivity contribution in [3.63, 3.8) is 0 Å². The minimum Gasteiger partial charge on any atom is -0.480 e. The van der Waals surface area contributed by atoms with Crippen molar-refractivity contribution in [2.45, 2.75) is 45.1 Å². The van der Waals surface area contributed by atoms with Gasteiger partial charge in [-0.3, -0.25) is 9.59 Å². The van der Waals surface area contributed by atoms with Gasteiger partial charge in [-0.2, -0.15) is 0 Å². The summed E-state index contributed by atoms with van der Waals surface area (Å²) < 4.78 is 0. The molecule has 7 heteroatoms. The van der Waals surface area contributed by atoms with Crippen molar-refractivity contribution in [1.82, 2.24) is 15.5 Å². The second kappa shape index (κ2) is 8.39. The van der Waals surface area contributed by atoms with Crippen molar-refractivity contribution in [1.29, 1.82) is 0 Å². The zero-order valence-electron chi connectivity index (χ0n) is 11.9. The van der Waals surface area contributed by atoms with Gasteiger partial charge in [-0.25, -0.2) is 4.79 Å². The van der Waals surface area contributed by atoms with E-state index in [0.717, 1.165) is 32.1 Å². The molecule has 1 rings (SSSR count). The van der Waals surface area contributed by atoms with Crippen molar-refractivity contribution < 1.29 is 19.5 Å². The Bertz CT molecular complexity index is 354. The molecule has 114 valence electrons. The highest BCUT2D eigenvalue weighted by atomic mass is 16.4. The first kappa shape index (κ1) is 16.3. The molecule has 3 amide bonds. The molecule has 3 N–H and O–H groups in total. The van der Waals surface area contributed by atoms with Crippen molar-refractivity contribution >= 4 is 17.9 Å². The highest BCUT2D eigenvalue weighted by Crippen LogP contribution is 2.23. The van der Waals surface area contributed by atoms with E-state index in [2.05, 4.69) is 10.6 Å². The molecule has 0 unspecified atom stereocenters. The molecule has 1 aliphatic carbocycles. The van der Waals surface area contributed by atoms with E-state index in [-0.39, 0.29) is 25.0 Å². The number of hydrogen-bond donors (Lipinski definition) is 3. The lowest BCUT2D eigenvalue weighted by Crippen LogP contribution is -2.49. The number of carbonyl (C=O) groups excluding carboxylic acids is 2. The Kier molecular flexibility index (Phi) is 6.83. The van der Waals surface area contributed by atoms with Crippen molar-refractivity contribution in [2.24, 2.45) is 0 Å². The van der Waals surface area contributed by atoms with Crippen molar-refractivity contribution in [3.8, 4) is 0 Å². The lowest BCUT2D eigenvalue weighted by molar-refractivity contribution is -0.138. The van der Waals surface area contributed by atoms with E-state index < -0.39 is 12.0 Å². The third-order valence-electron chi connectivity index (χ3n) is 3.30. The molecule has 0 atom stereocenters. The lowest BCUT2D eigenvalue weighted by atomic mass is 10.2. The van der Waals surface area contributed by atoms with E-state index in [4.69, 9.17) is 5.11 Å². The lowest BCUT2D eigenvalue weighted by Gasteiger charge is -2.27. The van der Waals surface area contributed by atoms with Crippen LogP contribution in [0.2, 0.25) is 0 Å². The molecule has 0 spiro atoms. The van der Waals surface area contributed by atoms with Gasteiger partial charge in [0.2, 0.25) is 5.91 Å². The fourth-order valence-corrected chi connectivity index (χ4v) is 2.31. The summed E-state index contributed by atoms with van der Waals surface area (Å²) in [6, 6.07) is -0.518. The number of carbonyl (C=O) groups is 3. The standard InChI is InChI=1S/C13H23N3O4/c1-2-7-14-11(17)8-15-13(20)16(9-12(18)19)10-5-3-4-6-10/h10H,2-9H2,1H3,(H,14,17)(H,15,20)(H,18,19). The van der Waals surface area contributed by atoms with Gasteiger partial charge in [-0.1, -0.05) is 19.8 Å². The Morgan fingerprint density at radius 3 is 2.40 bits per heavy atom. The fourth-order valence-electron chi connectivity index (χ4n) is 2.31. The largest absolute Gasteiger partial charge is 0.480 e. The van der Waals surface area contributed by atoms with Gasteiger partial charge in [-0.05, 0) is 19.3 Å². The molecular formula is C13H23N3O4. The number of nitrogens with one attached hydrogen (secondary N) is 2. The van der Waals surface area contributed by atoms with E-state index in [1.165, 1.54) is 4.90 Å². The molecule has 0 aromatic rings. The fraction of sp³-hybridized carbons (Fsp3) is 0.769. The van der Waals surface area contributed by atoms with Gasteiger partial charge in [0, 0.05) is 12.6 Å². The summed E-state index contributed by atoms with van der Waals surface area (Å²) in [6.45, 7) is 2.05. The summed E-state index contributed by atoms with van der Waals surface area (Å²) in [4.78, 5) is 35.6. The zero-order chi connectivity index (χ0) is 15.0. The maximum Gasteiger partial charge on any atom is 0.323 e. The van der Waals surface area contributed by atoms with E-state index in [1.807, 2.05) is 6.92 Å². The number of rotatable bonds is 7. The van der Waals surface area contributed by atoms with Crippen LogP contribution < -0.4 is 10.6 Å². The van der Waals surface area contributed by atoms with Gasteiger partial charge in [-0.15, -0.1) is 0 Å². The van der Waals surface area contributed by atoms with Gasteiger partial charge in [0.05, 0.1) is 6.54 Å². The summed E-state index contributed by atoms with van der Waals surface area (Å²) in [5.74, 6) is -1.30. The van der Waals surface area contributed by atoms with Crippen LogP contribution in [-0.2, 0) is 9.59 Å². The molecule has 1 aliphatic rings. The van der Waals surface area contributed by atoms with E-state index >= 15 is 0 Å². The molecule has 0 radical (unpaired) electrons. The Hall–Kier alpha value is -1.79. The van der Waals surface area contributed by atoms with E-state index in [0.29, 0.717) is 6.54 Å². The molecular weight excluding hydrogens is 262 g/mol. The smallest absolute Gasteiger partial charge is 0.323 e. The number of carboxylic acids is 1. The molecule has 0 saturated heterocycles. The van der Waals surface area contributed by atoms with Crippen LogP contribution in [0.15, 0.2) is 0 Å². The zero-order valence-corrected chi connectivity index (χ0v) is 11.9. The average Bonchev–Trinajstić information content (AvgIpc) is 2.93. The third kappa shape index (κ3) is 5.46. The number of hydrogen-bond acceptors (Lipinski definition) is 3. The first-order chi connectivity index (χ1) is 9.54. The molecule has 7 nitrogen and oxygen atoms in total. The van der Waals surface area contributed by atoms with Crippen molar-refractivity contribution in [3.05, 3.63) is 0 Å². The monoisotopic (exact) mass is 285 g/mol. The second-order valence-corrected chi connectivity index (χ2v) is 4.97. The van der Waals surface area contributed by atoms with E-state index in [9.17, 15) is 14.4 Å². The molecule has 0 bridgehead atoms. The molecule has 0 aliphatic heterocycles. The topological polar surface area (TPSA) is 98.7 Å². The summed E-state index contributed by atoms with van der Waals surface area (Å²) in [5.41, 5.74) is 0. The molecule has 1 fully saturated rings. The maximum absolute atomic E-state index is 12.0. The number of carboxylic acid groups (broad SMARTS) is 1. The van der Waals surface area contributed by atoms with Crippen molar-refractivity contribution in [2.75, 3.05) is 19.6 Å². The highest BCUT2D eigenvalue weighted by Gasteiger charge is 2.28. The first-order valence-corrected chi connectivity index (χ1v) is 7.07. The normalized spacial score (nSPS) is 14.8. The summed E-state index contributed by atoms with van der Waals surface area (Å²) in [5, 5.41) is 14.0. The number of amides is 3. The second-order valence-electron chi connectivity index (χ2n) is 4.97. The maximum atomic E-state index is 12.0. The molecule has 0 heterocycles. The Morgan fingerprint density at radius 1 is 1.20 bits per heavy atom. The average molecular weight is 285 g/mol. The molecule has 0 aromatic heterocycles. The summed E-state index contributed by atoms with van der Waals surface area (Å²) in [7, 11) is 0. The predicted octanol–water partition coefficient (Wildman–Crippen LogP) is 0.551. The quantitative estimate of drug-likeness (QED) is 0.636. The highest BCUT2D eigenvalue weighted by molar-refractivity contribution is 5.85. The van der Waals surface area contributed by atoms with Crippen LogP contribution in [0, 0.1) is 0 Å². The Balaban J connectivity index is 2.46. The van der Waals surface area contributed by atoms with Crippen LogP contribution >= 0.6 is 0 Å². The number of urea groups is 1. The predicted molar refractivity (Wildman–Crippen MR) is 73.3 cm³/mol. The minimum atomic E-state index is -1.04. The SMILES string of the molecule is CCCNC(=O)CNC(=O)N(CC(=O)O)C1CCCC1. The molecule has 0 aromatic carbocycles. The third-order valence-corrected chi connectivity index (χ3v) is 3.30. The Morgan fingerprint density at radius 2 is 1.85 bits per heavy atom.